The fourth-order valence-corrected chi connectivity index (χ4v) is 2.15. The maximum Gasteiger partial charge on any atom is 0.165 e. The molecule has 0 bridgehead atoms. The van der Waals surface area contributed by atoms with Crippen LogP contribution in [-0.4, -0.2) is 18.3 Å². The fraction of sp³-hybridized carbons (Fsp3) is 0.294. The smallest absolute Gasteiger partial charge is 0.165 e. The van der Waals surface area contributed by atoms with E-state index in [2.05, 4.69) is 0 Å². The first kappa shape index (κ1) is 13.9. The molecule has 0 amide bonds. The number of aliphatic hydroxyl groups is 1. The monoisotopic (exact) mass is 288 g/mol. The molecule has 1 N–H and O–H groups in total. The number of methoxy groups -OCH3 is 1. The zero-order chi connectivity index (χ0) is 14.8. The van der Waals surface area contributed by atoms with Gasteiger partial charge in [-0.25, -0.2) is 4.39 Å². The number of halogens is 1. The van der Waals surface area contributed by atoms with Gasteiger partial charge in [-0.2, -0.15) is 0 Å². The fourth-order valence-electron chi connectivity index (χ4n) is 2.15. The van der Waals surface area contributed by atoms with Crippen LogP contribution in [0, 0.1) is 5.82 Å². The molecule has 1 fully saturated rings. The summed E-state index contributed by atoms with van der Waals surface area (Å²) in [5.41, 5.74) is 1.32. The van der Waals surface area contributed by atoms with Crippen LogP contribution in [0.1, 0.15) is 30.1 Å². The van der Waals surface area contributed by atoms with Crippen LogP contribution in [-0.2, 0) is 0 Å². The number of benzene rings is 2. The van der Waals surface area contributed by atoms with E-state index in [0.29, 0.717) is 11.7 Å². The van der Waals surface area contributed by atoms with E-state index >= 15 is 0 Å². The van der Waals surface area contributed by atoms with Gasteiger partial charge in [0.2, 0.25) is 0 Å². The minimum Gasteiger partial charge on any atom is -0.494 e. The largest absolute Gasteiger partial charge is 0.494 e. The number of hydrogen-bond acceptors (Lipinski definition) is 3. The second-order valence-electron chi connectivity index (χ2n) is 5.18. The number of rotatable bonds is 5. The van der Waals surface area contributed by atoms with Crippen LogP contribution in [0.3, 0.4) is 0 Å². The average Bonchev–Trinajstić information content (AvgIpc) is 3.32. The standard InChI is InChI=1S/C17H17FO3/c1-20-16-10-12(4-9-15(16)18)17(19)11-2-5-13(6-3-11)21-14-7-8-14/h2-6,9-10,14,17,19H,7-8H2,1H3. The Morgan fingerprint density at radius 2 is 1.76 bits per heavy atom. The van der Waals surface area contributed by atoms with E-state index < -0.39 is 11.9 Å². The second kappa shape index (κ2) is 5.74. The molecule has 0 radical (unpaired) electrons. The van der Waals surface area contributed by atoms with Crippen molar-refractivity contribution in [3.63, 3.8) is 0 Å². The van der Waals surface area contributed by atoms with E-state index in [9.17, 15) is 9.50 Å². The number of ether oxygens (including phenoxy) is 2. The van der Waals surface area contributed by atoms with E-state index in [1.54, 1.807) is 6.07 Å². The zero-order valence-electron chi connectivity index (χ0n) is 11.8. The van der Waals surface area contributed by atoms with Crippen molar-refractivity contribution in [3.8, 4) is 11.5 Å². The third-order valence-electron chi connectivity index (χ3n) is 3.51. The molecule has 3 nitrogen and oxygen atoms in total. The van der Waals surface area contributed by atoms with Gasteiger partial charge in [-0.15, -0.1) is 0 Å². The summed E-state index contributed by atoms with van der Waals surface area (Å²) in [6, 6.07) is 11.7. The van der Waals surface area contributed by atoms with Crippen LogP contribution >= 0.6 is 0 Å². The van der Waals surface area contributed by atoms with Gasteiger partial charge in [0.1, 0.15) is 11.9 Å². The Labute approximate surface area is 122 Å². The molecule has 1 aliphatic rings. The highest BCUT2D eigenvalue weighted by Gasteiger charge is 2.23. The van der Waals surface area contributed by atoms with Gasteiger partial charge < -0.3 is 14.6 Å². The number of hydrogen-bond donors (Lipinski definition) is 1. The van der Waals surface area contributed by atoms with Crippen molar-refractivity contribution in [2.45, 2.75) is 25.0 Å². The maximum atomic E-state index is 13.4. The van der Waals surface area contributed by atoms with Crippen LogP contribution in [0.25, 0.3) is 0 Å². The summed E-state index contributed by atoms with van der Waals surface area (Å²) >= 11 is 0. The molecule has 21 heavy (non-hydrogen) atoms. The Balaban J connectivity index is 1.78. The summed E-state index contributed by atoms with van der Waals surface area (Å²) in [5, 5.41) is 10.4. The van der Waals surface area contributed by atoms with E-state index in [1.807, 2.05) is 24.3 Å². The van der Waals surface area contributed by atoms with Crippen LogP contribution in [0.15, 0.2) is 42.5 Å². The van der Waals surface area contributed by atoms with E-state index in [1.165, 1.54) is 19.2 Å². The van der Waals surface area contributed by atoms with Gasteiger partial charge in [0.25, 0.3) is 0 Å². The lowest BCUT2D eigenvalue weighted by molar-refractivity contribution is 0.219. The molecule has 0 spiro atoms. The SMILES string of the molecule is COc1cc(C(O)c2ccc(OC3CC3)cc2)ccc1F. The number of aliphatic hydroxyl groups excluding tert-OH is 1. The molecule has 4 heteroatoms. The Bertz CT molecular complexity index is 620. The van der Waals surface area contributed by atoms with Crippen molar-refractivity contribution >= 4 is 0 Å². The third kappa shape index (κ3) is 3.16. The van der Waals surface area contributed by atoms with Crippen molar-refractivity contribution in [2.75, 3.05) is 7.11 Å². The van der Waals surface area contributed by atoms with Gasteiger partial charge >= 0.3 is 0 Å². The Morgan fingerprint density at radius 3 is 2.38 bits per heavy atom. The van der Waals surface area contributed by atoms with Crippen LogP contribution < -0.4 is 9.47 Å². The molecule has 3 rings (SSSR count). The van der Waals surface area contributed by atoms with E-state index in [0.717, 1.165) is 24.2 Å². The predicted octanol–water partition coefficient (Wildman–Crippen LogP) is 3.46. The second-order valence-corrected chi connectivity index (χ2v) is 5.18. The normalized spacial score (nSPS) is 15.6. The zero-order valence-corrected chi connectivity index (χ0v) is 11.8. The van der Waals surface area contributed by atoms with E-state index in [-0.39, 0.29) is 5.75 Å². The first-order valence-electron chi connectivity index (χ1n) is 6.95. The summed E-state index contributed by atoms with van der Waals surface area (Å²) in [5.74, 6) is 0.493. The molecule has 2 aromatic rings. The highest BCUT2D eigenvalue weighted by atomic mass is 19.1. The van der Waals surface area contributed by atoms with E-state index in [4.69, 9.17) is 9.47 Å². The summed E-state index contributed by atoms with van der Waals surface area (Å²) in [6.45, 7) is 0. The van der Waals surface area contributed by atoms with Crippen LogP contribution in [0.4, 0.5) is 4.39 Å². The summed E-state index contributed by atoms with van der Waals surface area (Å²) in [7, 11) is 1.40. The van der Waals surface area contributed by atoms with Crippen LogP contribution in [0.2, 0.25) is 0 Å². The molecular formula is C17H17FO3. The first-order valence-corrected chi connectivity index (χ1v) is 6.95. The quantitative estimate of drug-likeness (QED) is 0.915. The molecule has 110 valence electrons. The first-order chi connectivity index (χ1) is 10.2. The molecule has 1 aliphatic carbocycles. The van der Waals surface area contributed by atoms with Gasteiger partial charge in [-0.3, -0.25) is 0 Å². The average molecular weight is 288 g/mol. The van der Waals surface area contributed by atoms with Crippen molar-refractivity contribution in [2.24, 2.45) is 0 Å². The molecule has 0 aliphatic heterocycles. The van der Waals surface area contributed by atoms with Crippen molar-refractivity contribution in [3.05, 3.63) is 59.4 Å². The highest BCUT2D eigenvalue weighted by molar-refractivity contribution is 5.38. The van der Waals surface area contributed by atoms with Gasteiger partial charge in [-0.05, 0) is 48.2 Å². The van der Waals surface area contributed by atoms with Crippen molar-refractivity contribution in [1.29, 1.82) is 0 Å². The maximum absolute atomic E-state index is 13.4. The van der Waals surface area contributed by atoms with Gasteiger partial charge in [-0.1, -0.05) is 18.2 Å². The molecule has 0 saturated heterocycles. The minimum atomic E-state index is -0.825. The summed E-state index contributed by atoms with van der Waals surface area (Å²) < 4.78 is 24.0. The molecule has 1 saturated carbocycles. The van der Waals surface area contributed by atoms with Crippen molar-refractivity contribution in [1.82, 2.24) is 0 Å². The molecule has 0 heterocycles. The molecule has 1 atom stereocenters. The minimum absolute atomic E-state index is 0.125. The Kier molecular flexibility index (Phi) is 3.80. The van der Waals surface area contributed by atoms with Gasteiger partial charge in [0.05, 0.1) is 13.2 Å². The summed E-state index contributed by atoms with van der Waals surface area (Å²) in [4.78, 5) is 0. The van der Waals surface area contributed by atoms with Crippen LogP contribution in [0.5, 0.6) is 11.5 Å². The Morgan fingerprint density at radius 1 is 1.10 bits per heavy atom. The lowest BCUT2D eigenvalue weighted by Crippen LogP contribution is -2.02. The van der Waals surface area contributed by atoms with Gasteiger partial charge in [0, 0.05) is 0 Å². The molecular weight excluding hydrogens is 271 g/mol. The predicted molar refractivity (Wildman–Crippen MR) is 77.1 cm³/mol. The highest BCUT2D eigenvalue weighted by Crippen LogP contribution is 2.30. The van der Waals surface area contributed by atoms with Crippen molar-refractivity contribution < 1.29 is 19.0 Å². The summed E-state index contributed by atoms with van der Waals surface area (Å²) in [6.07, 6.45) is 1.75. The lowest BCUT2D eigenvalue weighted by atomic mass is 10.0. The third-order valence-corrected chi connectivity index (χ3v) is 3.51. The van der Waals surface area contributed by atoms with Gasteiger partial charge in [0.15, 0.2) is 11.6 Å². The molecule has 0 aromatic heterocycles. The molecule has 2 aromatic carbocycles. The lowest BCUT2D eigenvalue weighted by Gasteiger charge is -2.14. The Hall–Kier alpha value is -2.07. The molecule has 1 unspecified atom stereocenters. The topological polar surface area (TPSA) is 38.7 Å².